The van der Waals surface area contributed by atoms with Gasteiger partial charge in [0.05, 0.1) is 6.61 Å². The van der Waals surface area contributed by atoms with Crippen molar-refractivity contribution in [2.75, 3.05) is 13.2 Å². The van der Waals surface area contributed by atoms with Crippen molar-refractivity contribution in [3.63, 3.8) is 0 Å². The van der Waals surface area contributed by atoms with E-state index in [1.54, 1.807) is 0 Å². The highest BCUT2D eigenvalue weighted by molar-refractivity contribution is 5.70. The Hall–Kier alpha value is -3.44. The van der Waals surface area contributed by atoms with E-state index in [1.165, 1.54) is 161 Å². The van der Waals surface area contributed by atoms with Crippen LogP contribution < -0.4 is 0 Å². The van der Waals surface area contributed by atoms with Gasteiger partial charge in [0, 0.05) is 12.8 Å². The Morgan fingerprint density at radius 3 is 0.903 bits per heavy atom. The predicted octanol–water partition coefficient (Wildman–Crippen LogP) is 20.9. The maximum atomic E-state index is 12.3. The van der Waals surface area contributed by atoms with Gasteiger partial charge in [-0.25, -0.2) is 0 Å². The lowest BCUT2D eigenvalue weighted by Gasteiger charge is -2.15. The van der Waals surface area contributed by atoms with Gasteiger partial charge in [0.25, 0.3) is 0 Å². The molecule has 1 atom stereocenters. The van der Waals surface area contributed by atoms with E-state index in [-0.39, 0.29) is 25.2 Å². The predicted molar refractivity (Wildman–Crippen MR) is 315 cm³/mol. The molecule has 72 heavy (non-hydrogen) atoms. The number of carbonyl (C=O) groups is 2. The van der Waals surface area contributed by atoms with Crippen LogP contribution in [0.15, 0.2) is 109 Å². The van der Waals surface area contributed by atoms with Crippen LogP contribution >= 0.6 is 0 Å². The summed E-state index contributed by atoms with van der Waals surface area (Å²) in [7, 11) is 0. The van der Waals surface area contributed by atoms with Gasteiger partial charge in [-0.15, -0.1) is 0 Å². The SMILES string of the molecule is CC/C=C\C/C=C\C/C=C\C/C=C\C/C=C\C/C=C\CCCCCCCCCCCCCCCCCCCCC(=O)OC(CO)COC(=O)CCCCCCCC/C=C\C/C=C\C/C=C\CCCCCCC. The fourth-order valence-corrected chi connectivity index (χ4v) is 8.51. The second kappa shape index (κ2) is 61.9. The van der Waals surface area contributed by atoms with Crippen LogP contribution in [0.1, 0.15) is 284 Å². The molecular weight excluding hydrogens is 885 g/mol. The molecule has 1 unspecified atom stereocenters. The largest absolute Gasteiger partial charge is 0.462 e. The molecule has 0 fully saturated rings. The Morgan fingerprint density at radius 1 is 0.333 bits per heavy atom. The first kappa shape index (κ1) is 68.6. The summed E-state index contributed by atoms with van der Waals surface area (Å²) in [6.07, 6.45) is 89.3. The zero-order valence-electron chi connectivity index (χ0n) is 47.2. The van der Waals surface area contributed by atoms with Crippen molar-refractivity contribution in [1.29, 1.82) is 0 Å². The van der Waals surface area contributed by atoms with Crippen LogP contribution in [0.4, 0.5) is 0 Å². The Bertz CT molecular complexity index is 1410. The third-order valence-electron chi connectivity index (χ3n) is 13.1. The lowest BCUT2D eigenvalue weighted by atomic mass is 10.0. The molecule has 0 aromatic carbocycles. The Labute approximate surface area is 446 Å². The molecule has 1 N–H and O–H groups in total. The van der Waals surface area contributed by atoms with E-state index in [1.807, 2.05) is 0 Å². The maximum absolute atomic E-state index is 12.3. The summed E-state index contributed by atoms with van der Waals surface area (Å²) in [4.78, 5) is 24.5. The monoisotopic (exact) mass is 999 g/mol. The van der Waals surface area contributed by atoms with E-state index in [9.17, 15) is 14.7 Å². The summed E-state index contributed by atoms with van der Waals surface area (Å²) >= 11 is 0. The van der Waals surface area contributed by atoms with Gasteiger partial charge >= 0.3 is 11.9 Å². The first-order chi connectivity index (χ1) is 35.6. The number of rotatable bonds is 55. The second-order valence-corrected chi connectivity index (χ2v) is 20.0. The van der Waals surface area contributed by atoms with Crippen molar-refractivity contribution in [3.05, 3.63) is 109 Å². The Balaban J connectivity index is 3.49. The van der Waals surface area contributed by atoms with Crippen LogP contribution in [0.2, 0.25) is 0 Å². The average molecular weight is 1000 g/mol. The van der Waals surface area contributed by atoms with Crippen molar-refractivity contribution in [2.24, 2.45) is 0 Å². The lowest BCUT2D eigenvalue weighted by Crippen LogP contribution is -2.28. The highest BCUT2D eigenvalue weighted by Crippen LogP contribution is 2.16. The van der Waals surface area contributed by atoms with E-state index in [2.05, 4.69) is 123 Å². The molecule has 412 valence electrons. The molecule has 0 bridgehead atoms. The molecule has 0 saturated carbocycles. The number of ether oxygens (including phenoxy) is 2. The minimum atomic E-state index is -0.783. The number of hydrogen-bond acceptors (Lipinski definition) is 5. The van der Waals surface area contributed by atoms with Gasteiger partial charge in [0.2, 0.25) is 0 Å². The summed E-state index contributed by atoms with van der Waals surface area (Å²) in [6, 6.07) is 0. The van der Waals surface area contributed by atoms with Gasteiger partial charge in [-0.1, -0.05) is 277 Å². The van der Waals surface area contributed by atoms with Crippen molar-refractivity contribution in [1.82, 2.24) is 0 Å². The summed E-state index contributed by atoms with van der Waals surface area (Å²) < 4.78 is 10.7. The molecule has 0 aromatic rings. The van der Waals surface area contributed by atoms with Gasteiger partial charge in [0.15, 0.2) is 6.10 Å². The molecule has 0 aromatic heterocycles. The van der Waals surface area contributed by atoms with Gasteiger partial charge in [-0.3, -0.25) is 9.59 Å². The fourth-order valence-electron chi connectivity index (χ4n) is 8.51. The zero-order valence-corrected chi connectivity index (χ0v) is 47.2. The van der Waals surface area contributed by atoms with Crippen molar-refractivity contribution >= 4 is 11.9 Å². The van der Waals surface area contributed by atoms with Crippen LogP contribution in [-0.4, -0.2) is 36.4 Å². The lowest BCUT2D eigenvalue weighted by molar-refractivity contribution is -0.161. The molecule has 0 aliphatic heterocycles. The van der Waals surface area contributed by atoms with E-state index in [4.69, 9.17) is 9.47 Å². The molecule has 0 spiro atoms. The van der Waals surface area contributed by atoms with E-state index >= 15 is 0 Å². The topological polar surface area (TPSA) is 72.8 Å². The second-order valence-electron chi connectivity index (χ2n) is 20.0. The quantitative estimate of drug-likeness (QED) is 0.0373. The zero-order chi connectivity index (χ0) is 52.0. The Kier molecular flexibility index (Phi) is 58.9. The van der Waals surface area contributed by atoms with Crippen LogP contribution in [0, 0.1) is 0 Å². The summed E-state index contributed by atoms with van der Waals surface area (Å²) in [5, 5.41) is 9.66. The maximum Gasteiger partial charge on any atom is 0.306 e. The first-order valence-electron chi connectivity index (χ1n) is 30.4. The number of esters is 2. The number of carbonyl (C=O) groups excluding carboxylic acids is 2. The molecule has 0 aliphatic rings. The van der Waals surface area contributed by atoms with Gasteiger partial charge < -0.3 is 14.6 Å². The first-order valence-corrected chi connectivity index (χ1v) is 30.4. The molecule has 0 saturated heterocycles. The highest BCUT2D eigenvalue weighted by Gasteiger charge is 2.16. The van der Waals surface area contributed by atoms with Crippen LogP contribution in [-0.2, 0) is 19.1 Å². The van der Waals surface area contributed by atoms with E-state index in [0.717, 1.165) is 96.3 Å². The van der Waals surface area contributed by atoms with Gasteiger partial charge in [0.1, 0.15) is 6.61 Å². The average Bonchev–Trinajstić information content (AvgIpc) is 3.38. The molecule has 5 nitrogen and oxygen atoms in total. The molecule has 0 aliphatic carbocycles. The molecule has 0 amide bonds. The molecule has 0 rings (SSSR count). The third kappa shape index (κ3) is 59.1. The fraction of sp³-hybridized carbons (Fsp3) is 0.701. The van der Waals surface area contributed by atoms with Crippen molar-refractivity contribution in [2.45, 2.75) is 290 Å². The summed E-state index contributed by atoms with van der Waals surface area (Å²) in [6.45, 7) is 4.02. The summed E-state index contributed by atoms with van der Waals surface area (Å²) in [5.41, 5.74) is 0. The number of allylic oxidation sites excluding steroid dienone is 18. The van der Waals surface area contributed by atoms with Crippen LogP contribution in [0.3, 0.4) is 0 Å². The number of aliphatic hydroxyl groups excluding tert-OH is 1. The highest BCUT2D eigenvalue weighted by atomic mass is 16.6. The number of unbranched alkanes of at least 4 members (excludes halogenated alkanes) is 29. The third-order valence-corrected chi connectivity index (χ3v) is 13.1. The van der Waals surface area contributed by atoms with E-state index in [0.29, 0.717) is 12.8 Å². The molecule has 0 heterocycles. The van der Waals surface area contributed by atoms with Crippen molar-refractivity contribution in [3.8, 4) is 0 Å². The summed E-state index contributed by atoms with van der Waals surface area (Å²) in [5.74, 6) is -0.600. The van der Waals surface area contributed by atoms with Gasteiger partial charge in [-0.2, -0.15) is 0 Å². The normalized spacial score (nSPS) is 13.0. The van der Waals surface area contributed by atoms with Crippen molar-refractivity contribution < 1.29 is 24.2 Å². The Morgan fingerprint density at radius 2 is 0.597 bits per heavy atom. The molecule has 5 heteroatoms. The van der Waals surface area contributed by atoms with Gasteiger partial charge in [-0.05, 0) is 103 Å². The van der Waals surface area contributed by atoms with E-state index < -0.39 is 6.10 Å². The standard InChI is InChI=1S/C67H114O5/c1-3-5-7-9-11-13-15-17-19-21-23-25-26-27-28-29-30-31-32-33-34-35-36-37-38-39-40-42-44-46-48-50-52-54-56-58-60-62-67(70)72-65(63-68)64-71-66(69)61-59-57-55-53-51-49-47-45-43-41-24-22-20-18-16-14-12-10-8-6-4-2/h5,7,11,13,16-19,22-25,27-28,30-31,43,45,65,68H,3-4,6,8-10,12,14-15,20-21,26,29,32-42,44,46-64H2,1-2H3/b7-5-,13-11-,18-16-,19-17-,24-22-,25-23-,28-27-,31-30-,45-43-. The smallest absolute Gasteiger partial charge is 0.306 e. The molecule has 0 radical (unpaired) electrons. The minimum Gasteiger partial charge on any atom is -0.462 e. The molecular formula is C67H114O5. The van der Waals surface area contributed by atoms with Crippen LogP contribution in [0.25, 0.3) is 0 Å². The van der Waals surface area contributed by atoms with Crippen LogP contribution in [0.5, 0.6) is 0 Å². The minimum absolute atomic E-state index is 0.0750. The number of aliphatic hydroxyl groups is 1. The number of hydrogen-bond donors (Lipinski definition) is 1.